The molecule has 0 saturated carbocycles. The third-order valence-electron chi connectivity index (χ3n) is 0.856. The molecule has 0 atom stereocenters. The molecule has 0 aliphatic carbocycles. The molecule has 0 aromatic heterocycles. The standard InChI is InChI=1S/C7H12.C3H4/c1-4-6-7(3)5-2;1-3-2/h4,6H,3,5H2,1-2H3;1H,2H3/b6-4-;. The predicted molar refractivity (Wildman–Crippen MR) is 48.8 cm³/mol. The van der Waals surface area contributed by atoms with Crippen molar-refractivity contribution in [2.75, 3.05) is 0 Å². The molecule has 0 saturated heterocycles. The maximum Gasteiger partial charge on any atom is -0.00297 e. The highest BCUT2D eigenvalue weighted by atomic mass is 13.8. The Morgan fingerprint density at radius 2 is 2.10 bits per heavy atom. The smallest absolute Gasteiger partial charge is 0.00297 e. The van der Waals surface area contributed by atoms with Crippen molar-refractivity contribution in [2.45, 2.75) is 27.2 Å². The Hall–Kier alpha value is -0.960. The van der Waals surface area contributed by atoms with Gasteiger partial charge < -0.3 is 0 Å². The van der Waals surface area contributed by atoms with Gasteiger partial charge in [-0.05, 0) is 20.3 Å². The van der Waals surface area contributed by atoms with E-state index < -0.39 is 0 Å². The molecule has 0 heteroatoms. The van der Waals surface area contributed by atoms with Gasteiger partial charge >= 0.3 is 0 Å². The van der Waals surface area contributed by atoms with Crippen molar-refractivity contribution < 1.29 is 0 Å². The molecule has 0 aromatic carbocycles. The first-order valence-corrected chi connectivity index (χ1v) is 3.40. The number of hydrogen-bond acceptors (Lipinski definition) is 0. The highest BCUT2D eigenvalue weighted by molar-refractivity contribution is 5.12. The van der Waals surface area contributed by atoms with E-state index in [9.17, 15) is 0 Å². The molecule has 0 unspecified atom stereocenters. The van der Waals surface area contributed by atoms with Crippen molar-refractivity contribution in [3.63, 3.8) is 0 Å². The highest BCUT2D eigenvalue weighted by Crippen LogP contribution is 1.95. The minimum Gasteiger partial charge on any atom is -0.120 e. The Labute approximate surface area is 64.6 Å². The lowest BCUT2D eigenvalue weighted by molar-refractivity contribution is 1.16. The summed E-state index contributed by atoms with van der Waals surface area (Å²) >= 11 is 0. The summed E-state index contributed by atoms with van der Waals surface area (Å²) in [6.07, 6.45) is 9.69. The molecule has 0 heterocycles. The van der Waals surface area contributed by atoms with E-state index in [4.69, 9.17) is 0 Å². The maximum absolute atomic E-state index is 4.60. The molecule has 0 bridgehead atoms. The third-order valence-corrected chi connectivity index (χ3v) is 0.856. The van der Waals surface area contributed by atoms with Crippen LogP contribution in [0.1, 0.15) is 27.2 Å². The minimum atomic E-state index is 1.06. The summed E-state index contributed by atoms with van der Waals surface area (Å²) < 4.78 is 0. The van der Waals surface area contributed by atoms with Gasteiger partial charge in [-0.2, -0.15) is 0 Å². The van der Waals surface area contributed by atoms with Crippen molar-refractivity contribution in [1.82, 2.24) is 0 Å². The first-order valence-electron chi connectivity index (χ1n) is 3.40. The van der Waals surface area contributed by atoms with E-state index in [1.165, 1.54) is 5.57 Å². The fourth-order valence-corrected chi connectivity index (χ4v) is 0.354. The molecular formula is C10H16. The van der Waals surface area contributed by atoms with Crippen LogP contribution in [-0.4, -0.2) is 0 Å². The first kappa shape index (κ1) is 11.8. The zero-order valence-corrected chi connectivity index (χ0v) is 7.15. The minimum absolute atomic E-state index is 1.06. The average molecular weight is 136 g/mol. The van der Waals surface area contributed by atoms with Crippen molar-refractivity contribution in [2.24, 2.45) is 0 Å². The summed E-state index contributed by atoms with van der Waals surface area (Å²) in [6.45, 7) is 9.53. The van der Waals surface area contributed by atoms with Crippen LogP contribution in [0.15, 0.2) is 24.3 Å². The summed E-state index contributed by atoms with van der Waals surface area (Å²) in [5.74, 6) is 2.25. The van der Waals surface area contributed by atoms with Crippen LogP contribution in [0.25, 0.3) is 0 Å². The molecule has 56 valence electrons. The number of terminal acetylenes is 1. The number of allylic oxidation sites excluding steroid dienone is 3. The quantitative estimate of drug-likeness (QED) is 0.404. The lowest BCUT2D eigenvalue weighted by Gasteiger charge is -1.85. The molecule has 0 rings (SSSR count). The van der Waals surface area contributed by atoms with Crippen LogP contribution in [0.2, 0.25) is 0 Å². The van der Waals surface area contributed by atoms with Crippen LogP contribution < -0.4 is 0 Å². The molecule has 0 aliphatic rings. The molecular weight excluding hydrogens is 120 g/mol. The van der Waals surface area contributed by atoms with Crippen LogP contribution in [0.5, 0.6) is 0 Å². The van der Waals surface area contributed by atoms with Gasteiger partial charge in [-0.15, -0.1) is 12.3 Å². The van der Waals surface area contributed by atoms with E-state index in [0.29, 0.717) is 0 Å². The Kier molecular flexibility index (Phi) is 12.9. The molecule has 0 aromatic rings. The van der Waals surface area contributed by atoms with E-state index in [0.717, 1.165) is 6.42 Å². The monoisotopic (exact) mass is 136 g/mol. The summed E-state index contributed by atoms with van der Waals surface area (Å²) in [4.78, 5) is 0. The number of hydrogen-bond donors (Lipinski definition) is 0. The van der Waals surface area contributed by atoms with Crippen molar-refractivity contribution in [3.8, 4) is 12.3 Å². The van der Waals surface area contributed by atoms with Gasteiger partial charge in [0.15, 0.2) is 0 Å². The topological polar surface area (TPSA) is 0 Å². The van der Waals surface area contributed by atoms with Gasteiger partial charge in [-0.1, -0.05) is 31.2 Å². The lowest BCUT2D eigenvalue weighted by atomic mass is 10.2. The fourth-order valence-electron chi connectivity index (χ4n) is 0.354. The van der Waals surface area contributed by atoms with E-state index >= 15 is 0 Å². The van der Waals surface area contributed by atoms with E-state index in [1.54, 1.807) is 6.92 Å². The van der Waals surface area contributed by atoms with Gasteiger partial charge in [0.05, 0.1) is 0 Å². The molecule has 0 nitrogen and oxygen atoms in total. The van der Waals surface area contributed by atoms with Crippen LogP contribution in [0.4, 0.5) is 0 Å². The normalized spacial score (nSPS) is 7.80. The second-order valence-corrected chi connectivity index (χ2v) is 1.80. The van der Waals surface area contributed by atoms with Crippen LogP contribution in [-0.2, 0) is 0 Å². The Balaban J connectivity index is 0. The van der Waals surface area contributed by atoms with Crippen LogP contribution in [0, 0.1) is 12.3 Å². The Morgan fingerprint density at radius 1 is 1.70 bits per heavy atom. The first-order chi connectivity index (χ1) is 4.72. The Bertz CT molecular complexity index is 133. The lowest BCUT2D eigenvalue weighted by Crippen LogP contribution is -1.65. The largest absolute Gasteiger partial charge is 0.120 e. The number of rotatable bonds is 2. The highest BCUT2D eigenvalue weighted by Gasteiger charge is 1.75. The SMILES string of the molecule is C#CC.C=C(/C=C\C)CC. The van der Waals surface area contributed by atoms with Crippen LogP contribution in [0.3, 0.4) is 0 Å². The molecule has 0 fully saturated rings. The van der Waals surface area contributed by atoms with Gasteiger partial charge in [-0.25, -0.2) is 0 Å². The molecule has 0 aliphatic heterocycles. The van der Waals surface area contributed by atoms with Gasteiger partial charge in [0, 0.05) is 0 Å². The molecule has 0 spiro atoms. The Morgan fingerprint density at radius 3 is 2.20 bits per heavy atom. The zero-order valence-electron chi connectivity index (χ0n) is 7.15. The molecule has 0 amide bonds. The van der Waals surface area contributed by atoms with Gasteiger partial charge in [0.1, 0.15) is 0 Å². The molecule has 0 radical (unpaired) electrons. The second kappa shape index (κ2) is 10.9. The summed E-state index contributed by atoms with van der Waals surface area (Å²) in [6, 6.07) is 0. The fraction of sp³-hybridized carbons (Fsp3) is 0.400. The van der Waals surface area contributed by atoms with E-state index in [2.05, 4.69) is 25.8 Å². The van der Waals surface area contributed by atoms with Crippen LogP contribution >= 0.6 is 0 Å². The zero-order chi connectivity index (χ0) is 8.41. The molecule has 10 heavy (non-hydrogen) atoms. The maximum atomic E-state index is 4.60. The van der Waals surface area contributed by atoms with Gasteiger partial charge in [0.2, 0.25) is 0 Å². The second-order valence-electron chi connectivity index (χ2n) is 1.80. The average Bonchev–Trinajstić information content (AvgIpc) is 1.90. The van der Waals surface area contributed by atoms with Crippen molar-refractivity contribution in [3.05, 3.63) is 24.3 Å². The van der Waals surface area contributed by atoms with E-state index in [-0.39, 0.29) is 0 Å². The van der Waals surface area contributed by atoms with Crippen molar-refractivity contribution in [1.29, 1.82) is 0 Å². The van der Waals surface area contributed by atoms with Crippen molar-refractivity contribution >= 4 is 0 Å². The van der Waals surface area contributed by atoms with E-state index in [1.807, 2.05) is 19.1 Å². The van der Waals surface area contributed by atoms with Gasteiger partial charge in [-0.3, -0.25) is 0 Å². The summed E-state index contributed by atoms with van der Waals surface area (Å²) in [7, 11) is 0. The van der Waals surface area contributed by atoms with Gasteiger partial charge in [0.25, 0.3) is 0 Å². The summed E-state index contributed by atoms with van der Waals surface area (Å²) in [5.41, 5.74) is 1.20. The molecule has 0 N–H and O–H groups in total. The third kappa shape index (κ3) is 15.7. The predicted octanol–water partition coefficient (Wildman–Crippen LogP) is 3.17. The summed E-state index contributed by atoms with van der Waals surface area (Å²) in [5, 5.41) is 0.